The van der Waals surface area contributed by atoms with E-state index in [2.05, 4.69) is 49.9 Å². The van der Waals surface area contributed by atoms with E-state index < -0.39 is 0 Å². The molecule has 7 nitrogen and oxygen atoms in total. The summed E-state index contributed by atoms with van der Waals surface area (Å²) in [6, 6.07) is 5.65. The SMILES string of the molecule is Cc1nc2c(C)cc(-c3cnc(C/C=C\C(=N)O[C@H]4CC(C)(C)NC(C)(C)[C@H]4C)c(O)c3)cc2o1. The minimum Gasteiger partial charge on any atom is -0.506 e. The summed E-state index contributed by atoms with van der Waals surface area (Å²) in [6.45, 7) is 14.7. The Hall–Kier alpha value is -3.19. The number of allylic oxidation sites excluding steroid dienone is 1. The van der Waals surface area contributed by atoms with Gasteiger partial charge in [-0.15, -0.1) is 0 Å². The molecule has 0 unspecified atom stereocenters. The van der Waals surface area contributed by atoms with Gasteiger partial charge in [0, 0.05) is 48.5 Å². The topological polar surface area (TPSA) is 104 Å². The van der Waals surface area contributed by atoms with Crippen LogP contribution in [-0.2, 0) is 11.2 Å². The van der Waals surface area contributed by atoms with Crippen LogP contribution in [0.15, 0.2) is 41.0 Å². The van der Waals surface area contributed by atoms with Crippen LogP contribution in [0.1, 0.15) is 58.2 Å². The van der Waals surface area contributed by atoms with Crippen LogP contribution in [0.3, 0.4) is 0 Å². The number of nitrogens with one attached hydrogen (secondary N) is 2. The third kappa shape index (κ3) is 5.40. The van der Waals surface area contributed by atoms with Crippen molar-refractivity contribution in [1.29, 1.82) is 5.41 Å². The number of aromatic nitrogens is 2. The molecule has 0 spiro atoms. The molecule has 0 saturated carbocycles. The van der Waals surface area contributed by atoms with Crippen LogP contribution in [0, 0.1) is 25.2 Å². The summed E-state index contributed by atoms with van der Waals surface area (Å²) in [5, 5.41) is 22.6. The van der Waals surface area contributed by atoms with Gasteiger partial charge in [0.25, 0.3) is 0 Å². The van der Waals surface area contributed by atoms with Gasteiger partial charge in [0.15, 0.2) is 11.5 Å². The number of piperidine rings is 1. The zero-order valence-electron chi connectivity index (χ0n) is 21.7. The van der Waals surface area contributed by atoms with E-state index in [0.717, 1.165) is 34.2 Å². The first-order valence-electron chi connectivity index (χ1n) is 12.1. The lowest BCUT2D eigenvalue weighted by molar-refractivity contribution is -0.00418. The largest absolute Gasteiger partial charge is 0.506 e. The van der Waals surface area contributed by atoms with Crippen molar-refractivity contribution in [1.82, 2.24) is 15.3 Å². The third-order valence-electron chi connectivity index (χ3n) is 7.00. The minimum absolute atomic E-state index is 0.0434. The number of oxazole rings is 1. The highest BCUT2D eigenvalue weighted by atomic mass is 16.5. The molecule has 4 rings (SSSR count). The Morgan fingerprint density at radius 3 is 2.69 bits per heavy atom. The number of fused-ring (bicyclic) bond motifs is 1. The van der Waals surface area contributed by atoms with E-state index in [1.165, 1.54) is 0 Å². The molecule has 1 fully saturated rings. The fourth-order valence-electron chi connectivity index (χ4n) is 5.08. The monoisotopic (exact) mass is 476 g/mol. The molecular weight excluding hydrogens is 440 g/mol. The Morgan fingerprint density at radius 1 is 1.23 bits per heavy atom. The summed E-state index contributed by atoms with van der Waals surface area (Å²) in [4.78, 5) is 8.88. The third-order valence-corrected chi connectivity index (χ3v) is 7.00. The van der Waals surface area contributed by atoms with Crippen LogP contribution < -0.4 is 5.32 Å². The van der Waals surface area contributed by atoms with Gasteiger partial charge >= 0.3 is 0 Å². The average molecular weight is 477 g/mol. The maximum Gasteiger partial charge on any atom is 0.205 e. The molecular formula is C28H36N4O3. The van der Waals surface area contributed by atoms with Crippen molar-refractivity contribution in [2.24, 2.45) is 5.92 Å². The molecule has 2 aromatic heterocycles. The Labute approximate surface area is 207 Å². The highest BCUT2D eigenvalue weighted by molar-refractivity contribution is 5.85. The standard InChI is InChI=1S/C28H36N4O3/c1-16-11-19(13-23-26(16)31-18(3)34-23)20-12-22(33)21(30-15-20)9-8-10-25(29)35-24-14-27(4,5)32-28(6,7)17(24)2/h8,10-13,15,17,24,29,32-33H,9,14H2,1-7H3/b10-8-,29-25?/t17-,24-/m0/s1. The predicted molar refractivity (Wildman–Crippen MR) is 139 cm³/mol. The maximum atomic E-state index is 10.6. The summed E-state index contributed by atoms with van der Waals surface area (Å²) >= 11 is 0. The van der Waals surface area contributed by atoms with Gasteiger partial charge in [0.05, 0.1) is 5.69 Å². The van der Waals surface area contributed by atoms with Crippen LogP contribution in [-0.4, -0.2) is 38.2 Å². The molecule has 2 atom stereocenters. The van der Waals surface area contributed by atoms with Gasteiger partial charge in [0.1, 0.15) is 17.4 Å². The van der Waals surface area contributed by atoms with Gasteiger partial charge in [-0.1, -0.05) is 13.0 Å². The van der Waals surface area contributed by atoms with E-state index in [-0.39, 0.29) is 34.7 Å². The molecule has 3 heterocycles. The van der Waals surface area contributed by atoms with Gasteiger partial charge in [0.2, 0.25) is 5.90 Å². The lowest BCUT2D eigenvalue weighted by Crippen LogP contribution is -2.64. The van der Waals surface area contributed by atoms with E-state index in [1.807, 2.05) is 26.0 Å². The zero-order chi connectivity index (χ0) is 25.5. The fraction of sp³-hybridized carbons (Fsp3) is 0.464. The van der Waals surface area contributed by atoms with Gasteiger partial charge in [-0.25, -0.2) is 4.98 Å². The molecule has 1 aromatic carbocycles. The van der Waals surface area contributed by atoms with E-state index in [0.29, 0.717) is 18.0 Å². The normalized spacial score (nSPS) is 21.5. The van der Waals surface area contributed by atoms with Crippen molar-refractivity contribution in [2.45, 2.75) is 78.5 Å². The van der Waals surface area contributed by atoms with Crippen molar-refractivity contribution in [3.05, 3.63) is 53.7 Å². The van der Waals surface area contributed by atoms with Gasteiger partial charge < -0.3 is 19.6 Å². The van der Waals surface area contributed by atoms with Crippen LogP contribution in [0.25, 0.3) is 22.2 Å². The number of ether oxygens (including phenoxy) is 1. The Balaban J connectivity index is 1.42. The second kappa shape index (κ2) is 9.11. The highest BCUT2D eigenvalue weighted by Crippen LogP contribution is 2.35. The number of hydrogen-bond donors (Lipinski definition) is 3. The number of aromatic hydroxyl groups is 1. The lowest BCUT2D eigenvalue weighted by atomic mass is 9.73. The fourth-order valence-corrected chi connectivity index (χ4v) is 5.08. The van der Waals surface area contributed by atoms with Crippen LogP contribution in [0.5, 0.6) is 5.75 Å². The number of hydrogen-bond acceptors (Lipinski definition) is 7. The van der Waals surface area contributed by atoms with Crippen LogP contribution in [0.4, 0.5) is 0 Å². The van der Waals surface area contributed by atoms with E-state index in [4.69, 9.17) is 14.6 Å². The maximum absolute atomic E-state index is 10.6. The van der Waals surface area contributed by atoms with Crippen LogP contribution in [0.2, 0.25) is 0 Å². The van der Waals surface area contributed by atoms with Crippen molar-refractivity contribution >= 4 is 17.0 Å². The highest BCUT2D eigenvalue weighted by Gasteiger charge is 2.44. The average Bonchev–Trinajstić information content (AvgIpc) is 3.13. The summed E-state index contributed by atoms with van der Waals surface area (Å²) in [6.07, 6.45) is 6.38. The summed E-state index contributed by atoms with van der Waals surface area (Å²) in [5.74, 6) is 1.12. The van der Waals surface area contributed by atoms with E-state index in [9.17, 15) is 5.11 Å². The second-order valence-electron chi connectivity index (χ2n) is 10.9. The molecule has 1 aliphatic heterocycles. The number of benzene rings is 1. The van der Waals surface area contributed by atoms with Crippen molar-refractivity contribution in [3.63, 3.8) is 0 Å². The molecule has 1 aliphatic rings. The molecule has 0 aliphatic carbocycles. The van der Waals surface area contributed by atoms with Crippen LogP contribution >= 0.6 is 0 Å². The number of pyridine rings is 1. The first-order valence-corrected chi connectivity index (χ1v) is 12.1. The zero-order valence-corrected chi connectivity index (χ0v) is 21.7. The summed E-state index contributed by atoms with van der Waals surface area (Å²) < 4.78 is 11.7. The number of nitrogens with zero attached hydrogens (tertiary/aromatic N) is 2. The Bertz CT molecular complexity index is 1290. The van der Waals surface area contributed by atoms with Gasteiger partial charge in [-0.2, -0.15) is 0 Å². The second-order valence-corrected chi connectivity index (χ2v) is 10.9. The molecule has 0 radical (unpaired) electrons. The molecule has 3 aromatic rings. The molecule has 3 N–H and O–H groups in total. The van der Waals surface area contributed by atoms with Crippen molar-refractivity contribution in [3.8, 4) is 16.9 Å². The number of aryl methyl sites for hydroxylation is 2. The molecule has 0 amide bonds. The predicted octanol–water partition coefficient (Wildman–Crippen LogP) is 5.86. The lowest BCUT2D eigenvalue weighted by Gasteiger charge is -2.50. The first-order chi connectivity index (χ1) is 16.3. The Morgan fingerprint density at radius 2 is 1.97 bits per heavy atom. The smallest absolute Gasteiger partial charge is 0.205 e. The van der Waals surface area contributed by atoms with Gasteiger partial charge in [-0.3, -0.25) is 10.4 Å². The van der Waals surface area contributed by atoms with Gasteiger partial charge in [-0.05, 0) is 70.0 Å². The van der Waals surface area contributed by atoms with Crippen molar-refractivity contribution in [2.75, 3.05) is 0 Å². The molecule has 0 bridgehead atoms. The number of rotatable bonds is 5. The molecule has 7 heteroatoms. The quantitative estimate of drug-likeness (QED) is 0.315. The molecule has 186 valence electrons. The van der Waals surface area contributed by atoms with E-state index >= 15 is 0 Å². The minimum atomic E-state index is -0.0801. The summed E-state index contributed by atoms with van der Waals surface area (Å²) in [5.41, 5.74) is 4.69. The summed E-state index contributed by atoms with van der Waals surface area (Å²) in [7, 11) is 0. The molecule has 35 heavy (non-hydrogen) atoms. The molecule has 1 saturated heterocycles. The van der Waals surface area contributed by atoms with E-state index in [1.54, 1.807) is 24.4 Å². The first kappa shape index (κ1) is 24.9. The Kier molecular flexibility index (Phi) is 6.49. The van der Waals surface area contributed by atoms with Crippen molar-refractivity contribution < 1.29 is 14.3 Å².